The summed E-state index contributed by atoms with van der Waals surface area (Å²) in [6, 6.07) is 12.1. The minimum Gasteiger partial charge on any atom is -0.466 e. The molecule has 1 amide bonds. The molecular formula is C28H30N6O2. The van der Waals surface area contributed by atoms with Crippen LogP contribution in [0.25, 0.3) is 33.3 Å². The number of carbonyl (C=O) groups is 1. The molecule has 1 aromatic carbocycles. The highest BCUT2D eigenvalue weighted by molar-refractivity contribution is 6.06. The number of aromatic amines is 1. The van der Waals surface area contributed by atoms with E-state index in [-0.39, 0.29) is 17.9 Å². The molecule has 1 saturated heterocycles. The number of hydrogen-bond donors (Lipinski definition) is 1. The number of rotatable bonds is 4. The summed E-state index contributed by atoms with van der Waals surface area (Å²) in [5.74, 6) is 2.73. The molecule has 1 fully saturated rings. The number of nitrogens with one attached hydrogen (secondary N) is 1. The molecule has 8 nitrogen and oxygen atoms in total. The first kappa shape index (κ1) is 22.5. The average Bonchev–Trinajstić information content (AvgIpc) is 3.59. The first-order valence-corrected chi connectivity index (χ1v) is 12.6. The second-order valence-electron chi connectivity index (χ2n) is 10.0. The molecule has 1 unspecified atom stereocenters. The molecule has 5 heterocycles. The molecule has 36 heavy (non-hydrogen) atoms. The molecule has 1 atom stereocenters. The minimum absolute atomic E-state index is 0.00522. The Morgan fingerprint density at radius 2 is 2.00 bits per heavy atom. The zero-order valence-electron chi connectivity index (χ0n) is 21.1. The fourth-order valence-electron chi connectivity index (χ4n) is 5.32. The lowest BCUT2D eigenvalue weighted by atomic mass is 9.96. The molecular weight excluding hydrogens is 452 g/mol. The number of amides is 1. The van der Waals surface area contributed by atoms with Gasteiger partial charge in [-0.25, -0.2) is 14.6 Å². The Morgan fingerprint density at radius 1 is 1.17 bits per heavy atom. The fourth-order valence-corrected chi connectivity index (χ4v) is 5.32. The van der Waals surface area contributed by atoms with Gasteiger partial charge in [-0.05, 0) is 64.8 Å². The van der Waals surface area contributed by atoms with Gasteiger partial charge in [-0.1, -0.05) is 12.1 Å². The van der Waals surface area contributed by atoms with Crippen molar-refractivity contribution in [1.82, 2.24) is 29.6 Å². The standard InChI is InChI=1S/C28H30N6O2/c1-16(2)34-27-22(14-29-34)21(13-25(32-27)20-12-17(3)36-18(20)4)28(35)33-11-7-8-19(15-33)26-30-23-9-5-6-10-24(23)31-26/h5-6,9-10,12-14,16,19H,7-8,11,15H2,1-4H3,(H,30,31). The summed E-state index contributed by atoms with van der Waals surface area (Å²) in [7, 11) is 0. The topological polar surface area (TPSA) is 92.8 Å². The van der Waals surface area contributed by atoms with E-state index in [9.17, 15) is 4.79 Å². The van der Waals surface area contributed by atoms with Crippen molar-refractivity contribution in [2.24, 2.45) is 0 Å². The Bertz CT molecular complexity index is 1560. The average molecular weight is 483 g/mol. The number of aryl methyl sites for hydroxylation is 2. The molecule has 0 aliphatic carbocycles. The Hall–Kier alpha value is -3.94. The minimum atomic E-state index is 0.00522. The number of para-hydroxylation sites is 2. The summed E-state index contributed by atoms with van der Waals surface area (Å²) in [4.78, 5) is 29.2. The van der Waals surface area contributed by atoms with Crippen LogP contribution in [0, 0.1) is 13.8 Å². The summed E-state index contributed by atoms with van der Waals surface area (Å²) in [6.45, 7) is 9.33. The number of piperidine rings is 1. The normalized spacial score (nSPS) is 16.5. The van der Waals surface area contributed by atoms with Gasteiger partial charge >= 0.3 is 0 Å². The summed E-state index contributed by atoms with van der Waals surface area (Å²) in [6.07, 6.45) is 3.70. The number of imidazole rings is 1. The summed E-state index contributed by atoms with van der Waals surface area (Å²) >= 11 is 0. The summed E-state index contributed by atoms with van der Waals surface area (Å²) < 4.78 is 7.66. The van der Waals surface area contributed by atoms with E-state index in [1.807, 2.05) is 59.8 Å². The Kier molecular flexibility index (Phi) is 5.39. The second kappa shape index (κ2) is 8.62. The maximum Gasteiger partial charge on any atom is 0.254 e. The monoisotopic (exact) mass is 482 g/mol. The number of furan rings is 1. The lowest BCUT2D eigenvalue weighted by Crippen LogP contribution is -2.39. The molecule has 0 bridgehead atoms. The zero-order chi connectivity index (χ0) is 25.0. The highest BCUT2D eigenvalue weighted by atomic mass is 16.3. The Morgan fingerprint density at radius 3 is 2.75 bits per heavy atom. The van der Waals surface area contributed by atoms with Crippen molar-refractivity contribution in [1.29, 1.82) is 0 Å². The highest BCUT2D eigenvalue weighted by Crippen LogP contribution is 2.32. The van der Waals surface area contributed by atoms with E-state index in [1.54, 1.807) is 6.20 Å². The van der Waals surface area contributed by atoms with Crippen LogP contribution in [-0.2, 0) is 0 Å². The van der Waals surface area contributed by atoms with Crippen molar-refractivity contribution in [3.8, 4) is 11.3 Å². The van der Waals surface area contributed by atoms with Crippen molar-refractivity contribution in [3.05, 3.63) is 65.5 Å². The number of carbonyl (C=O) groups excluding carboxylic acids is 1. The first-order valence-electron chi connectivity index (χ1n) is 12.6. The predicted molar refractivity (Wildman–Crippen MR) is 139 cm³/mol. The zero-order valence-corrected chi connectivity index (χ0v) is 21.1. The van der Waals surface area contributed by atoms with Crippen molar-refractivity contribution >= 4 is 28.0 Å². The van der Waals surface area contributed by atoms with Gasteiger partial charge in [0.25, 0.3) is 5.91 Å². The van der Waals surface area contributed by atoms with Crippen LogP contribution in [0.2, 0.25) is 0 Å². The number of fused-ring (bicyclic) bond motifs is 2. The lowest BCUT2D eigenvalue weighted by Gasteiger charge is -2.32. The largest absolute Gasteiger partial charge is 0.466 e. The van der Waals surface area contributed by atoms with E-state index in [1.165, 1.54) is 0 Å². The van der Waals surface area contributed by atoms with Crippen molar-refractivity contribution in [3.63, 3.8) is 0 Å². The van der Waals surface area contributed by atoms with Crippen LogP contribution in [0.1, 0.15) is 66.4 Å². The maximum absolute atomic E-state index is 14.0. The molecule has 5 aromatic rings. The predicted octanol–water partition coefficient (Wildman–Crippen LogP) is 5.79. The van der Waals surface area contributed by atoms with E-state index < -0.39 is 0 Å². The molecule has 8 heteroatoms. The molecule has 0 saturated carbocycles. The van der Waals surface area contributed by atoms with Gasteiger partial charge in [0, 0.05) is 30.6 Å². The SMILES string of the molecule is Cc1cc(-c2cc(C(=O)N3CCCC(c4nc5ccccc5[nH]4)C3)c3cnn(C(C)C)c3n2)c(C)o1. The number of benzene rings is 1. The van der Waals surface area contributed by atoms with Crippen LogP contribution in [0.3, 0.4) is 0 Å². The van der Waals surface area contributed by atoms with Crippen LogP contribution in [0.4, 0.5) is 0 Å². The van der Waals surface area contributed by atoms with Crippen LogP contribution >= 0.6 is 0 Å². The van der Waals surface area contributed by atoms with Crippen LogP contribution in [-0.4, -0.2) is 48.6 Å². The van der Waals surface area contributed by atoms with Gasteiger partial charge in [0.1, 0.15) is 17.3 Å². The third kappa shape index (κ3) is 3.77. The molecule has 0 radical (unpaired) electrons. The van der Waals surface area contributed by atoms with Crippen LogP contribution in [0.15, 0.2) is 47.0 Å². The maximum atomic E-state index is 14.0. The van der Waals surface area contributed by atoms with Gasteiger partial charge in [0.15, 0.2) is 5.65 Å². The number of aromatic nitrogens is 5. The number of hydrogen-bond acceptors (Lipinski definition) is 5. The fraction of sp³-hybridized carbons (Fsp3) is 0.357. The molecule has 1 aliphatic rings. The number of nitrogens with zero attached hydrogens (tertiary/aromatic N) is 5. The van der Waals surface area contributed by atoms with Gasteiger partial charge in [-0.15, -0.1) is 0 Å². The van der Waals surface area contributed by atoms with Crippen molar-refractivity contribution < 1.29 is 9.21 Å². The third-order valence-electron chi connectivity index (χ3n) is 7.11. The molecule has 1 aliphatic heterocycles. The van der Waals surface area contributed by atoms with E-state index in [4.69, 9.17) is 14.4 Å². The van der Waals surface area contributed by atoms with Crippen molar-refractivity contribution in [2.75, 3.05) is 13.1 Å². The highest BCUT2D eigenvalue weighted by Gasteiger charge is 2.30. The first-order chi connectivity index (χ1) is 17.4. The van der Waals surface area contributed by atoms with Gasteiger partial charge in [-0.3, -0.25) is 4.79 Å². The van der Waals surface area contributed by atoms with Crippen LogP contribution < -0.4 is 0 Å². The van der Waals surface area contributed by atoms with Gasteiger partial charge in [0.2, 0.25) is 0 Å². The van der Waals surface area contributed by atoms with E-state index in [0.717, 1.165) is 70.1 Å². The van der Waals surface area contributed by atoms with Gasteiger partial charge < -0.3 is 14.3 Å². The summed E-state index contributed by atoms with van der Waals surface area (Å²) in [5.41, 5.74) is 4.97. The number of H-pyrrole nitrogens is 1. The van der Waals surface area contributed by atoms with E-state index >= 15 is 0 Å². The smallest absolute Gasteiger partial charge is 0.254 e. The molecule has 184 valence electrons. The molecule has 1 N–H and O–H groups in total. The number of pyridine rings is 1. The Labute approximate surface area is 209 Å². The molecule has 4 aromatic heterocycles. The molecule has 0 spiro atoms. The van der Waals surface area contributed by atoms with Crippen molar-refractivity contribution in [2.45, 2.75) is 52.5 Å². The number of likely N-dealkylation sites (tertiary alicyclic amines) is 1. The van der Waals surface area contributed by atoms with Gasteiger partial charge in [-0.2, -0.15) is 5.10 Å². The Balaban J connectivity index is 1.39. The lowest BCUT2D eigenvalue weighted by molar-refractivity contribution is 0.0707. The van der Waals surface area contributed by atoms with Gasteiger partial charge in [0.05, 0.1) is 33.9 Å². The van der Waals surface area contributed by atoms with E-state index in [2.05, 4.69) is 23.9 Å². The molecule has 6 rings (SSSR count). The summed E-state index contributed by atoms with van der Waals surface area (Å²) in [5, 5.41) is 5.36. The van der Waals surface area contributed by atoms with Crippen LogP contribution in [0.5, 0.6) is 0 Å². The second-order valence-corrected chi connectivity index (χ2v) is 10.0. The third-order valence-corrected chi connectivity index (χ3v) is 7.11. The van der Waals surface area contributed by atoms with E-state index in [0.29, 0.717) is 12.1 Å². The quantitative estimate of drug-likeness (QED) is 0.350.